The van der Waals surface area contributed by atoms with E-state index < -0.39 is 11.9 Å². The summed E-state index contributed by atoms with van der Waals surface area (Å²) in [7, 11) is 1.62. The topological polar surface area (TPSA) is 45.7 Å². The quantitative estimate of drug-likeness (QED) is 0.566. The molecule has 1 amide bonds. The van der Waals surface area contributed by atoms with E-state index in [-0.39, 0.29) is 10.7 Å². The van der Waals surface area contributed by atoms with Crippen LogP contribution in [-0.4, -0.2) is 49.1 Å². The molecule has 164 valence electrons. The number of ether oxygens (including phenoxy) is 1. The summed E-state index contributed by atoms with van der Waals surface area (Å²) < 4.78 is 44.2. The first kappa shape index (κ1) is 21.4. The van der Waals surface area contributed by atoms with Gasteiger partial charge in [0, 0.05) is 37.3 Å². The van der Waals surface area contributed by atoms with Crippen molar-refractivity contribution < 1.29 is 22.7 Å². The molecule has 9 heteroatoms. The highest BCUT2D eigenvalue weighted by Gasteiger charge is 2.33. The summed E-state index contributed by atoms with van der Waals surface area (Å²) in [6.07, 6.45) is -3.70. The third-order valence-corrected chi connectivity index (χ3v) is 6.70. The SMILES string of the molecule is COc1ccc(N2CCCN(C(=O)c3sc4nc(C(F)(F)F)ccc4c3C)CC2)cc1. The number of nitrogens with zero attached hydrogens (tertiary/aromatic N) is 3. The van der Waals surface area contributed by atoms with Crippen LogP contribution in [0.2, 0.25) is 0 Å². The number of aromatic nitrogens is 1. The van der Waals surface area contributed by atoms with Crippen molar-refractivity contribution in [3.05, 3.63) is 52.5 Å². The van der Waals surface area contributed by atoms with Crippen molar-refractivity contribution in [1.82, 2.24) is 9.88 Å². The normalized spacial score (nSPS) is 15.3. The maximum atomic E-state index is 13.2. The minimum absolute atomic E-state index is 0.148. The van der Waals surface area contributed by atoms with Gasteiger partial charge in [-0.15, -0.1) is 11.3 Å². The Morgan fingerprint density at radius 3 is 2.48 bits per heavy atom. The third-order valence-electron chi connectivity index (χ3n) is 5.51. The van der Waals surface area contributed by atoms with Gasteiger partial charge in [-0.25, -0.2) is 4.98 Å². The van der Waals surface area contributed by atoms with Crippen LogP contribution in [0.1, 0.15) is 27.3 Å². The van der Waals surface area contributed by atoms with Crippen molar-refractivity contribution in [1.29, 1.82) is 0 Å². The monoisotopic (exact) mass is 449 g/mol. The molecule has 1 aliphatic rings. The number of hydrogen-bond donors (Lipinski definition) is 0. The number of rotatable bonds is 3. The number of alkyl halides is 3. The zero-order valence-electron chi connectivity index (χ0n) is 17.2. The largest absolute Gasteiger partial charge is 0.497 e. The third kappa shape index (κ3) is 4.32. The summed E-state index contributed by atoms with van der Waals surface area (Å²) in [6, 6.07) is 10.2. The van der Waals surface area contributed by atoms with E-state index >= 15 is 0 Å². The van der Waals surface area contributed by atoms with Gasteiger partial charge in [0.05, 0.1) is 12.0 Å². The maximum Gasteiger partial charge on any atom is 0.433 e. The molecule has 3 heterocycles. The highest BCUT2D eigenvalue weighted by molar-refractivity contribution is 7.20. The van der Waals surface area contributed by atoms with Crippen molar-refractivity contribution in [2.75, 3.05) is 38.2 Å². The van der Waals surface area contributed by atoms with Gasteiger partial charge in [-0.3, -0.25) is 4.79 Å². The number of anilines is 1. The second kappa shape index (κ2) is 8.37. The Bertz CT molecular complexity index is 1100. The minimum Gasteiger partial charge on any atom is -0.497 e. The summed E-state index contributed by atoms with van der Waals surface area (Å²) in [5, 5.41) is 0.594. The van der Waals surface area contributed by atoms with Crippen LogP contribution in [-0.2, 0) is 6.18 Å². The molecular formula is C22H22F3N3O2S. The Morgan fingerprint density at radius 1 is 1.06 bits per heavy atom. The fourth-order valence-corrected chi connectivity index (χ4v) is 4.92. The zero-order valence-corrected chi connectivity index (χ0v) is 18.0. The highest BCUT2D eigenvalue weighted by Crippen LogP contribution is 2.35. The summed E-state index contributed by atoms with van der Waals surface area (Å²) in [6.45, 7) is 4.40. The lowest BCUT2D eigenvalue weighted by Gasteiger charge is -2.24. The molecule has 1 saturated heterocycles. The van der Waals surface area contributed by atoms with Gasteiger partial charge in [0.15, 0.2) is 0 Å². The number of methoxy groups -OCH3 is 1. The average Bonchev–Trinajstić information content (AvgIpc) is 2.92. The number of amides is 1. The molecule has 31 heavy (non-hydrogen) atoms. The van der Waals surface area contributed by atoms with E-state index in [2.05, 4.69) is 9.88 Å². The number of pyridine rings is 1. The molecule has 0 spiro atoms. The molecule has 1 aliphatic heterocycles. The molecule has 0 saturated carbocycles. The first-order chi connectivity index (χ1) is 14.8. The predicted molar refractivity (Wildman–Crippen MR) is 115 cm³/mol. The fraction of sp³-hybridized carbons (Fsp3) is 0.364. The number of thiophene rings is 1. The molecule has 1 aromatic carbocycles. The molecular weight excluding hydrogens is 427 g/mol. The zero-order chi connectivity index (χ0) is 22.2. The van der Waals surface area contributed by atoms with Crippen molar-refractivity contribution in [2.45, 2.75) is 19.5 Å². The molecule has 3 aromatic rings. The molecule has 0 unspecified atom stereocenters. The standard InChI is InChI=1S/C22H22F3N3O2S/c1-14-17-8-9-18(22(23,24)25)26-20(17)31-19(14)21(29)28-11-3-10-27(12-13-28)15-4-6-16(30-2)7-5-15/h4-9H,3,10-13H2,1-2H3. The van der Waals surface area contributed by atoms with Crippen LogP contribution in [0.15, 0.2) is 36.4 Å². The van der Waals surface area contributed by atoms with Crippen molar-refractivity contribution in [2.24, 2.45) is 0 Å². The summed E-state index contributed by atoms with van der Waals surface area (Å²) >= 11 is 1.03. The van der Waals surface area contributed by atoms with Gasteiger partial charge in [0.2, 0.25) is 0 Å². The van der Waals surface area contributed by atoms with Gasteiger partial charge in [-0.05, 0) is 55.3 Å². The Kier molecular flexibility index (Phi) is 5.79. The Hall–Kier alpha value is -2.81. The van der Waals surface area contributed by atoms with Crippen molar-refractivity contribution >= 4 is 33.1 Å². The van der Waals surface area contributed by atoms with Crippen LogP contribution in [0.4, 0.5) is 18.9 Å². The molecule has 0 atom stereocenters. The first-order valence-corrected chi connectivity index (χ1v) is 10.7. The number of aryl methyl sites for hydroxylation is 1. The number of fused-ring (bicyclic) bond motifs is 1. The predicted octanol–water partition coefficient (Wildman–Crippen LogP) is 4.98. The Balaban J connectivity index is 1.52. The fourth-order valence-electron chi connectivity index (χ4n) is 3.78. The van der Waals surface area contributed by atoms with Crippen LogP contribution in [0.25, 0.3) is 10.2 Å². The van der Waals surface area contributed by atoms with Gasteiger partial charge < -0.3 is 14.5 Å². The first-order valence-electron chi connectivity index (χ1n) is 9.93. The summed E-state index contributed by atoms with van der Waals surface area (Å²) in [5.41, 5.74) is 0.810. The Morgan fingerprint density at radius 2 is 1.81 bits per heavy atom. The second-order valence-corrected chi connectivity index (χ2v) is 8.43. The van der Waals surface area contributed by atoms with Crippen LogP contribution in [0, 0.1) is 6.92 Å². The maximum absolute atomic E-state index is 13.2. The molecule has 5 nitrogen and oxygen atoms in total. The van der Waals surface area contributed by atoms with Crippen LogP contribution in [0.3, 0.4) is 0 Å². The Labute approximate surface area is 182 Å². The van der Waals surface area contributed by atoms with Gasteiger partial charge in [-0.2, -0.15) is 13.2 Å². The van der Waals surface area contributed by atoms with Gasteiger partial charge in [0.1, 0.15) is 16.3 Å². The van der Waals surface area contributed by atoms with E-state index in [1.807, 2.05) is 24.3 Å². The van der Waals surface area contributed by atoms with E-state index in [0.29, 0.717) is 35.5 Å². The molecule has 2 aromatic heterocycles. The van der Waals surface area contributed by atoms with Crippen molar-refractivity contribution in [3.8, 4) is 5.75 Å². The average molecular weight is 449 g/mol. The minimum atomic E-state index is -4.51. The van der Waals surface area contributed by atoms with Crippen LogP contribution < -0.4 is 9.64 Å². The van der Waals surface area contributed by atoms with E-state index in [1.54, 1.807) is 18.9 Å². The number of hydrogen-bond acceptors (Lipinski definition) is 5. The molecule has 0 N–H and O–H groups in total. The van der Waals surface area contributed by atoms with Gasteiger partial charge in [0.25, 0.3) is 5.91 Å². The molecule has 0 aliphatic carbocycles. The van der Waals surface area contributed by atoms with Gasteiger partial charge >= 0.3 is 6.18 Å². The molecule has 4 rings (SSSR count). The van der Waals surface area contributed by atoms with Crippen LogP contribution >= 0.6 is 11.3 Å². The summed E-state index contributed by atoms with van der Waals surface area (Å²) in [4.78, 5) is 21.7. The molecule has 0 bridgehead atoms. The highest BCUT2D eigenvalue weighted by atomic mass is 32.1. The molecule has 0 radical (unpaired) electrons. The van der Waals surface area contributed by atoms with E-state index in [0.717, 1.165) is 41.8 Å². The number of halogens is 3. The lowest BCUT2D eigenvalue weighted by Crippen LogP contribution is -2.35. The number of carbonyl (C=O) groups is 1. The second-order valence-electron chi connectivity index (χ2n) is 7.43. The van der Waals surface area contributed by atoms with Crippen LogP contribution in [0.5, 0.6) is 5.75 Å². The lowest BCUT2D eigenvalue weighted by molar-refractivity contribution is -0.140. The van der Waals surface area contributed by atoms with Gasteiger partial charge in [-0.1, -0.05) is 0 Å². The smallest absolute Gasteiger partial charge is 0.433 e. The molecule has 1 fully saturated rings. The number of benzene rings is 1. The van der Waals surface area contributed by atoms with Crippen molar-refractivity contribution in [3.63, 3.8) is 0 Å². The van der Waals surface area contributed by atoms with E-state index in [1.165, 1.54) is 6.07 Å². The summed E-state index contributed by atoms with van der Waals surface area (Å²) in [5.74, 6) is 0.642. The van der Waals surface area contributed by atoms with E-state index in [9.17, 15) is 18.0 Å². The number of carbonyl (C=O) groups excluding carboxylic acids is 1. The lowest BCUT2D eigenvalue weighted by atomic mass is 10.1. The van der Waals surface area contributed by atoms with E-state index in [4.69, 9.17) is 4.74 Å².